The number of hydrogen-bond acceptors (Lipinski definition) is 4. The van der Waals surface area contributed by atoms with E-state index in [2.05, 4.69) is 29.0 Å². The molecule has 1 atom stereocenters. The first-order valence-corrected chi connectivity index (χ1v) is 8.60. The van der Waals surface area contributed by atoms with Crippen molar-refractivity contribution in [2.24, 2.45) is 0 Å². The van der Waals surface area contributed by atoms with Crippen LogP contribution in [0.2, 0.25) is 0 Å². The lowest BCUT2D eigenvalue weighted by molar-refractivity contribution is -0.142. The summed E-state index contributed by atoms with van der Waals surface area (Å²) in [6, 6.07) is 8.23. The minimum absolute atomic E-state index is 0.0648. The van der Waals surface area contributed by atoms with Crippen LogP contribution in [0.15, 0.2) is 24.3 Å². The number of ether oxygens (including phenoxy) is 2. The Labute approximate surface area is 143 Å². The fraction of sp³-hybridized carbons (Fsp3) is 0.579. The van der Waals surface area contributed by atoms with Crippen molar-refractivity contribution in [3.05, 3.63) is 35.4 Å². The van der Waals surface area contributed by atoms with Crippen LogP contribution in [0.5, 0.6) is 0 Å². The zero-order valence-electron chi connectivity index (χ0n) is 14.6. The van der Waals surface area contributed by atoms with Crippen molar-refractivity contribution in [1.29, 1.82) is 0 Å². The molecule has 0 aromatic heterocycles. The molecule has 0 N–H and O–H groups in total. The molecule has 1 amide bonds. The Hall–Kier alpha value is -1.88. The van der Waals surface area contributed by atoms with Crippen molar-refractivity contribution in [1.82, 2.24) is 4.90 Å². The highest BCUT2D eigenvalue weighted by Crippen LogP contribution is 2.15. The third-order valence-corrected chi connectivity index (χ3v) is 4.36. The largest absolute Gasteiger partial charge is 0.469 e. The van der Waals surface area contributed by atoms with Gasteiger partial charge in [-0.15, -0.1) is 0 Å². The normalized spacial score (nSPS) is 16.8. The first-order chi connectivity index (χ1) is 11.6. The second-order valence-electron chi connectivity index (χ2n) is 6.29. The third kappa shape index (κ3) is 5.96. The molecular weight excluding hydrogens is 306 g/mol. The SMILES string of the molecule is COC(=O)CCN(CC1CCCO1)C(=O)CCc1ccc(C)cc1. The van der Waals surface area contributed by atoms with Gasteiger partial charge in [-0.05, 0) is 31.7 Å². The maximum absolute atomic E-state index is 12.6. The van der Waals surface area contributed by atoms with E-state index in [1.807, 2.05) is 6.92 Å². The van der Waals surface area contributed by atoms with E-state index in [1.165, 1.54) is 12.7 Å². The van der Waals surface area contributed by atoms with Crippen molar-refractivity contribution in [3.8, 4) is 0 Å². The average molecular weight is 333 g/mol. The zero-order chi connectivity index (χ0) is 17.4. The summed E-state index contributed by atoms with van der Waals surface area (Å²) in [5.41, 5.74) is 2.36. The predicted molar refractivity (Wildman–Crippen MR) is 91.7 cm³/mol. The van der Waals surface area contributed by atoms with Gasteiger partial charge in [-0.3, -0.25) is 9.59 Å². The van der Waals surface area contributed by atoms with Gasteiger partial charge in [-0.1, -0.05) is 29.8 Å². The van der Waals surface area contributed by atoms with Gasteiger partial charge in [0.25, 0.3) is 0 Å². The van der Waals surface area contributed by atoms with E-state index in [0.29, 0.717) is 25.9 Å². The summed E-state index contributed by atoms with van der Waals surface area (Å²) in [6.45, 7) is 3.75. The van der Waals surface area contributed by atoms with Gasteiger partial charge in [0, 0.05) is 26.1 Å². The molecule has 2 rings (SSSR count). The number of carbonyl (C=O) groups is 2. The van der Waals surface area contributed by atoms with Crippen LogP contribution in [-0.4, -0.2) is 49.7 Å². The maximum Gasteiger partial charge on any atom is 0.307 e. The van der Waals surface area contributed by atoms with Gasteiger partial charge >= 0.3 is 5.97 Å². The summed E-state index contributed by atoms with van der Waals surface area (Å²) in [5, 5.41) is 0. The molecule has 0 aliphatic carbocycles. The molecule has 1 heterocycles. The molecule has 0 radical (unpaired) electrons. The summed E-state index contributed by atoms with van der Waals surface area (Å²) >= 11 is 0. The Kier molecular flexibility index (Phi) is 7.25. The lowest BCUT2D eigenvalue weighted by Crippen LogP contribution is -2.39. The zero-order valence-corrected chi connectivity index (χ0v) is 14.6. The fourth-order valence-corrected chi connectivity index (χ4v) is 2.84. The second kappa shape index (κ2) is 9.42. The molecular formula is C19H27NO4. The lowest BCUT2D eigenvalue weighted by atomic mass is 10.1. The van der Waals surface area contributed by atoms with E-state index in [-0.39, 0.29) is 24.4 Å². The molecule has 1 aromatic carbocycles. The van der Waals surface area contributed by atoms with E-state index in [0.717, 1.165) is 25.0 Å². The van der Waals surface area contributed by atoms with Gasteiger partial charge in [-0.25, -0.2) is 0 Å². The van der Waals surface area contributed by atoms with Crippen molar-refractivity contribution in [2.75, 3.05) is 26.8 Å². The summed E-state index contributed by atoms with van der Waals surface area (Å²) in [6.07, 6.45) is 3.47. The second-order valence-corrected chi connectivity index (χ2v) is 6.29. The van der Waals surface area contributed by atoms with Crippen molar-refractivity contribution >= 4 is 11.9 Å². The number of methoxy groups -OCH3 is 1. The molecule has 5 nitrogen and oxygen atoms in total. The summed E-state index contributed by atoms with van der Waals surface area (Å²) < 4.78 is 10.3. The minimum Gasteiger partial charge on any atom is -0.469 e. The quantitative estimate of drug-likeness (QED) is 0.686. The first kappa shape index (κ1) is 18.5. The molecule has 1 unspecified atom stereocenters. The topological polar surface area (TPSA) is 55.8 Å². The van der Waals surface area contributed by atoms with Crippen LogP contribution < -0.4 is 0 Å². The average Bonchev–Trinajstić information content (AvgIpc) is 3.10. The number of amides is 1. The van der Waals surface area contributed by atoms with Crippen LogP contribution in [0.3, 0.4) is 0 Å². The molecule has 24 heavy (non-hydrogen) atoms. The van der Waals surface area contributed by atoms with Crippen LogP contribution in [0.4, 0.5) is 0 Å². The van der Waals surface area contributed by atoms with Crippen LogP contribution >= 0.6 is 0 Å². The van der Waals surface area contributed by atoms with Crippen molar-refractivity contribution in [3.63, 3.8) is 0 Å². The van der Waals surface area contributed by atoms with Crippen molar-refractivity contribution in [2.45, 2.75) is 45.1 Å². The fourth-order valence-electron chi connectivity index (χ4n) is 2.84. The Morgan fingerprint density at radius 1 is 1.25 bits per heavy atom. The van der Waals surface area contributed by atoms with Gasteiger partial charge in [-0.2, -0.15) is 0 Å². The number of hydrogen-bond donors (Lipinski definition) is 0. The molecule has 0 bridgehead atoms. The number of carbonyl (C=O) groups excluding carboxylic acids is 2. The predicted octanol–water partition coefficient (Wildman–Crippen LogP) is 2.50. The summed E-state index contributed by atoms with van der Waals surface area (Å²) in [7, 11) is 1.37. The molecule has 0 spiro atoms. The van der Waals surface area contributed by atoms with E-state index in [1.54, 1.807) is 4.90 Å². The Morgan fingerprint density at radius 2 is 2.00 bits per heavy atom. The molecule has 1 aromatic rings. The standard InChI is InChI=1S/C19H27NO4/c1-15-5-7-16(8-6-15)9-10-18(21)20(12-11-19(22)23-2)14-17-4-3-13-24-17/h5-8,17H,3-4,9-14H2,1-2H3. The molecule has 5 heteroatoms. The molecule has 1 saturated heterocycles. The van der Waals surface area contributed by atoms with Crippen LogP contribution in [0.1, 0.15) is 36.8 Å². The number of nitrogens with zero attached hydrogens (tertiary/aromatic N) is 1. The van der Waals surface area contributed by atoms with E-state index in [4.69, 9.17) is 4.74 Å². The van der Waals surface area contributed by atoms with E-state index >= 15 is 0 Å². The lowest BCUT2D eigenvalue weighted by Gasteiger charge is -2.25. The molecule has 1 fully saturated rings. The highest BCUT2D eigenvalue weighted by atomic mass is 16.5. The smallest absolute Gasteiger partial charge is 0.307 e. The summed E-state index contributed by atoms with van der Waals surface area (Å²) in [4.78, 5) is 25.7. The monoisotopic (exact) mass is 333 g/mol. The van der Waals surface area contributed by atoms with Crippen LogP contribution in [0, 0.1) is 6.92 Å². The van der Waals surface area contributed by atoms with E-state index < -0.39 is 0 Å². The molecule has 132 valence electrons. The first-order valence-electron chi connectivity index (χ1n) is 8.60. The number of esters is 1. The van der Waals surface area contributed by atoms with Gasteiger partial charge in [0.1, 0.15) is 0 Å². The minimum atomic E-state index is -0.293. The van der Waals surface area contributed by atoms with Gasteiger partial charge in [0.05, 0.1) is 19.6 Å². The summed E-state index contributed by atoms with van der Waals surface area (Å²) in [5.74, 6) is -0.228. The van der Waals surface area contributed by atoms with Gasteiger partial charge in [0.15, 0.2) is 0 Å². The Morgan fingerprint density at radius 3 is 2.62 bits per heavy atom. The number of rotatable bonds is 8. The highest BCUT2D eigenvalue weighted by molar-refractivity contribution is 5.77. The molecule has 1 aliphatic heterocycles. The molecule has 0 saturated carbocycles. The number of aryl methyl sites for hydroxylation is 2. The third-order valence-electron chi connectivity index (χ3n) is 4.36. The highest BCUT2D eigenvalue weighted by Gasteiger charge is 2.23. The molecule has 1 aliphatic rings. The Balaban J connectivity index is 1.88. The van der Waals surface area contributed by atoms with Crippen molar-refractivity contribution < 1.29 is 19.1 Å². The van der Waals surface area contributed by atoms with Gasteiger partial charge in [0.2, 0.25) is 5.91 Å². The number of benzene rings is 1. The van der Waals surface area contributed by atoms with E-state index in [9.17, 15) is 9.59 Å². The van der Waals surface area contributed by atoms with Crippen LogP contribution in [-0.2, 0) is 25.5 Å². The maximum atomic E-state index is 12.6. The van der Waals surface area contributed by atoms with Gasteiger partial charge < -0.3 is 14.4 Å². The van der Waals surface area contributed by atoms with Crippen LogP contribution in [0.25, 0.3) is 0 Å². The Bertz CT molecular complexity index is 535.